The second-order valence-electron chi connectivity index (χ2n) is 5.60. The third-order valence-corrected chi connectivity index (χ3v) is 4.98. The van der Waals surface area contributed by atoms with E-state index in [-0.39, 0.29) is 11.3 Å². The summed E-state index contributed by atoms with van der Waals surface area (Å²) in [6.45, 7) is -0.421. The number of nitrogens with one attached hydrogen (secondary N) is 1. The lowest BCUT2D eigenvalue weighted by molar-refractivity contribution is -0.147. The van der Waals surface area contributed by atoms with E-state index in [1.807, 2.05) is 12.1 Å². The van der Waals surface area contributed by atoms with Crippen molar-refractivity contribution in [1.82, 2.24) is 0 Å². The zero-order valence-electron chi connectivity index (χ0n) is 14.1. The van der Waals surface area contributed by atoms with Gasteiger partial charge in [-0.15, -0.1) is 0 Å². The lowest BCUT2D eigenvalue weighted by Gasteiger charge is -2.08. The fourth-order valence-corrected chi connectivity index (χ4v) is 3.00. The molecule has 0 bridgehead atoms. The predicted octanol–water partition coefficient (Wildman–Crippen LogP) is 2.86. The van der Waals surface area contributed by atoms with Crippen molar-refractivity contribution in [3.05, 3.63) is 59.1 Å². The fraction of sp³-hybridized carbons (Fsp3) is 0.222. The van der Waals surface area contributed by atoms with Crippen LogP contribution in [0.3, 0.4) is 0 Å². The highest BCUT2D eigenvalue weighted by Gasteiger charge is 2.10. The van der Waals surface area contributed by atoms with E-state index in [9.17, 15) is 18.0 Å². The number of sulfone groups is 1. The van der Waals surface area contributed by atoms with Crippen LogP contribution in [0.25, 0.3) is 0 Å². The van der Waals surface area contributed by atoms with Gasteiger partial charge in [-0.25, -0.2) is 8.42 Å². The van der Waals surface area contributed by atoms with Crippen LogP contribution in [0, 0.1) is 0 Å². The minimum atomic E-state index is -3.29. The first-order chi connectivity index (χ1) is 12.3. The van der Waals surface area contributed by atoms with Crippen molar-refractivity contribution in [2.75, 3.05) is 18.2 Å². The second-order valence-corrected chi connectivity index (χ2v) is 8.02. The highest BCUT2D eigenvalue weighted by Crippen LogP contribution is 2.17. The van der Waals surface area contributed by atoms with Crippen LogP contribution in [0.5, 0.6) is 0 Å². The number of carbonyl (C=O) groups is 2. The highest BCUT2D eigenvalue weighted by atomic mass is 35.5. The summed E-state index contributed by atoms with van der Waals surface area (Å²) in [4.78, 5) is 23.7. The highest BCUT2D eigenvalue weighted by molar-refractivity contribution is 7.90. The minimum absolute atomic E-state index is 0.111. The van der Waals surface area contributed by atoms with Crippen LogP contribution in [-0.2, 0) is 30.6 Å². The maximum Gasteiger partial charge on any atom is 0.306 e. The van der Waals surface area contributed by atoms with Gasteiger partial charge in [0.15, 0.2) is 16.4 Å². The van der Waals surface area contributed by atoms with Gasteiger partial charge >= 0.3 is 5.97 Å². The molecule has 0 fully saturated rings. The van der Waals surface area contributed by atoms with Crippen molar-refractivity contribution in [1.29, 1.82) is 0 Å². The molecule has 1 amide bonds. The fourth-order valence-electron chi connectivity index (χ4n) is 2.14. The average molecular weight is 396 g/mol. The Morgan fingerprint density at radius 3 is 2.35 bits per heavy atom. The molecule has 0 aromatic heterocycles. The van der Waals surface area contributed by atoms with E-state index >= 15 is 0 Å². The molecule has 8 heteroatoms. The Bertz CT molecular complexity index is 894. The van der Waals surface area contributed by atoms with Gasteiger partial charge in [0.25, 0.3) is 5.91 Å². The molecule has 2 aromatic rings. The molecule has 0 unspecified atom stereocenters. The van der Waals surface area contributed by atoms with Crippen molar-refractivity contribution < 1.29 is 22.7 Å². The van der Waals surface area contributed by atoms with Gasteiger partial charge in [-0.05, 0) is 42.3 Å². The number of anilines is 1. The standard InChI is InChI=1S/C18H18ClNO5S/c1-26(23,24)15-9-7-14(8-10-15)20-17(21)12-25-18(22)11-6-13-4-2-3-5-16(13)19/h2-5,7-10H,6,11-12H2,1H3,(H,20,21). The smallest absolute Gasteiger partial charge is 0.306 e. The third kappa shape index (κ3) is 6.16. The number of hydrogen-bond donors (Lipinski definition) is 1. The van der Waals surface area contributed by atoms with Crippen LogP contribution in [-0.4, -0.2) is 33.2 Å². The molecular weight excluding hydrogens is 378 g/mol. The zero-order valence-corrected chi connectivity index (χ0v) is 15.6. The summed E-state index contributed by atoms with van der Waals surface area (Å²) in [5.74, 6) is -1.02. The molecule has 2 rings (SSSR count). The predicted molar refractivity (Wildman–Crippen MR) is 98.9 cm³/mol. The summed E-state index contributed by atoms with van der Waals surface area (Å²) in [6.07, 6.45) is 1.63. The van der Waals surface area contributed by atoms with Gasteiger partial charge in [0.1, 0.15) is 0 Å². The molecule has 0 heterocycles. The van der Waals surface area contributed by atoms with E-state index in [1.54, 1.807) is 12.1 Å². The van der Waals surface area contributed by atoms with E-state index in [0.717, 1.165) is 11.8 Å². The summed E-state index contributed by atoms with van der Waals surface area (Å²) < 4.78 is 27.7. The summed E-state index contributed by atoms with van der Waals surface area (Å²) in [5.41, 5.74) is 1.25. The van der Waals surface area contributed by atoms with Gasteiger partial charge < -0.3 is 10.1 Å². The van der Waals surface area contributed by atoms with Gasteiger partial charge in [-0.3, -0.25) is 9.59 Å². The van der Waals surface area contributed by atoms with E-state index in [4.69, 9.17) is 16.3 Å². The molecule has 138 valence electrons. The first kappa shape index (κ1) is 19.9. The maximum atomic E-state index is 11.8. The third-order valence-electron chi connectivity index (χ3n) is 3.49. The lowest BCUT2D eigenvalue weighted by Crippen LogP contribution is -2.21. The number of aryl methyl sites for hydroxylation is 1. The van der Waals surface area contributed by atoms with E-state index < -0.39 is 28.3 Å². The summed E-state index contributed by atoms with van der Waals surface area (Å²) in [5, 5.41) is 3.11. The minimum Gasteiger partial charge on any atom is -0.456 e. The van der Waals surface area contributed by atoms with E-state index in [1.165, 1.54) is 24.3 Å². The molecule has 0 atom stereocenters. The topological polar surface area (TPSA) is 89.5 Å². The number of rotatable bonds is 7. The van der Waals surface area contributed by atoms with Crippen LogP contribution in [0.1, 0.15) is 12.0 Å². The number of benzene rings is 2. The molecule has 0 radical (unpaired) electrons. The molecule has 6 nitrogen and oxygen atoms in total. The van der Waals surface area contributed by atoms with Gasteiger partial charge in [-0.2, -0.15) is 0 Å². The van der Waals surface area contributed by atoms with Crippen molar-refractivity contribution in [2.45, 2.75) is 17.7 Å². The van der Waals surface area contributed by atoms with Crippen molar-refractivity contribution in [2.24, 2.45) is 0 Å². The van der Waals surface area contributed by atoms with Crippen molar-refractivity contribution >= 4 is 39.0 Å². The SMILES string of the molecule is CS(=O)(=O)c1ccc(NC(=O)COC(=O)CCc2ccccc2Cl)cc1. The van der Waals surface area contributed by atoms with Crippen molar-refractivity contribution in [3.8, 4) is 0 Å². The molecular formula is C18H18ClNO5S. The Morgan fingerprint density at radius 1 is 1.08 bits per heavy atom. The van der Waals surface area contributed by atoms with Gasteiger partial charge in [0, 0.05) is 23.4 Å². The summed E-state index contributed by atoms with van der Waals surface area (Å²) >= 11 is 6.01. The number of carbonyl (C=O) groups excluding carboxylic acids is 2. The first-order valence-electron chi connectivity index (χ1n) is 7.75. The second kappa shape index (κ2) is 8.82. The number of amides is 1. The Kier molecular flexibility index (Phi) is 6.76. The average Bonchev–Trinajstić information content (AvgIpc) is 2.59. The Labute approximate surface area is 157 Å². The molecule has 0 saturated carbocycles. The number of hydrogen-bond acceptors (Lipinski definition) is 5. The van der Waals surface area contributed by atoms with Gasteiger partial charge in [-0.1, -0.05) is 29.8 Å². The van der Waals surface area contributed by atoms with E-state index in [0.29, 0.717) is 17.1 Å². The molecule has 2 aromatic carbocycles. The van der Waals surface area contributed by atoms with Gasteiger partial charge in [0.05, 0.1) is 4.90 Å². The molecule has 0 aliphatic carbocycles. The maximum absolute atomic E-state index is 11.8. The molecule has 26 heavy (non-hydrogen) atoms. The molecule has 0 spiro atoms. The van der Waals surface area contributed by atoms with Crippen LogP contribution in [0.4, 0.5) is 5.69 Å². The number of halogens is 1. The Hall–Kier alpha value is -2.38. The molecule has 1 N–H and O–H groups in total. The van der Waals surface area contributed by atoms with Crippen LogP contribution >= 0.6 is 11.6 Å². The molecule has 0 aliphatic heterocycles. The zero-order chi connectivity index (χ0) is 19.2. The number of ether oxygens (including phenoxy) is 1. The summed E-state index contributed by atoms with van der Waals surface area (Å²) in [7, 11) is -3.29. The van der Waals surface area contributed by atoms with E-state index in [2.05, 4.69) is 5.32 Å². The normalized spacial score (nSPS) is 11.0. The summed E-state index contributed by atoms with van der Waals surface area (Å²) in [6, 6.07) is 12.9. The Balaban J connectivity index is 1.77. The largest absolute Gasteiger partial charge is 0.456 e. The number of esters is 1. The van der Waals surface area contributed by atoms with Gasteiger partial charge in [0.2, 0.25) is 0 Å². The van der Waals surface area contributed by atoms with Crippen LogP contribution in [0.2, 0.25) is 5.02 Å². The Morgan fingerprint density at radius 2 is 1.73 bits per heavy atom. The molecule has 0 aliphatic rings. The lowest BCUT2D eigenvalue weighted by atomic mass is 10.1. The van der Waals surface area contributed by atoms with Crippen LogP contribution in [0.15, 0.2) is 53.4 Å². The van der Waals surface area contributed by atoms with Crippen molar-refractivity contribution in [3.63, 3.8) is 0 Å². The monoisotopic (exact) mass is 395 g/mol. The quantitative estimate of drug-likeness (QED) is 0.728. The molecule has 0 saturated heterocycles. The first-order valence-corrected chi connectivity index (χ1v) is 10.0. The van der Waals surface area contributed by atoms with Crippen LogP contribution < -0.4 is 5.32 Å².